The zero-order chi connectivity index (χ0) is 22.1. The molecule has 0 saturated carbocycles. The zero-order valence-electron chi connectivity index (χ0n) is 18.7. The highest BCUT2D eigenvalue weighted by Crippen LogP contribution is 2.22. The summed E-state index contributed by atoms with van der Waals surface area (Å²) in [6.07, 6.45) is 2.64. The summed E-state index contributed by atoms with van der Waals surface area (Å²) in [4.78, 5) is 27.2. The van der Waals surface area contributed by atoms with Gasteiger partial charge >= 0.3 is 0 Å². The Hall–Kier alpha value is -2.66. The number of amides is 1. The fourth-order valence-corrected chi connectivity index (χ4v) is 4.00. The molecule has 1 N–H and O–H groups in total. The molecule has 2 aromatic carbocycles. The van der Waals surface area contributed by atoms with Gasteiger partial charge in [-0.15, -0.1) is 0 Å². The van der Waals surface area contributed by atoms with Gasteiger partial charge in [-0.05, 0) is 56.0 Å². The fourth-order valence-electron chi connectivity index (χ4n) is 4.00. The molecular formula is C26H34N2O3. The summed E-state index contributed by atoms with van der Waals surface area (Å²) in [5, 5.41) is 2.91. The number of nitrogens with zero attached hydrogens (tertiary/aromatic N) is 1. The van der Waals surface area contributed by atoms with Crippen LogP contribution in [0.1, 0.15) is 42.6 Å². The van der Waals surface area contributed by atoms with Gasteiger partial charge in [0.2, 0.25) is 5.91 Å². The molecule has 5 nitrogen and oxygen atoms in total. The number of piperidine rings is 1. The number of ketones is 1. The number of hydrogen-bond donors (Lipinski definition) is 1. The summed E-state index contributed by atoms with van der Waals surface area (Å²) in [5.41, 5.74) is 2.09. The van der Waals surface area contributed by atoms with Crippen molar-refractivity contribution in [3.63, 3.8) is 0 Å². The summed E-state index contributed by atoms with van der Waals surface area (Å²) in [5.74, 6) is 1.70. The number of Topliss-reactive ketones (excluding diaryl/α,β-unsaturated/α-hetero) is 1. The number of carbonyl (C=O) groups is 2. The van der Waals surface area contributed by atoms with Crippen molar-refractivity contribution in [1.82, 2.24) is 10.2 Å². The van der Waals surface area contributed by atoms with Crippen LogP contribution in [0, 0.1) is 11.8 Å². The molecule has 1 fully saturated rings. The van der Waals surface area contributed by atoms with E-state index < -0.39 is 0 Å². The number of likely N-dealkylation sites (tertiary alicyclic amines) is 1. The standard InChI is InChI=1S/C26H34N2O3/c1-20(2)18-21-8-10-22(11-9-21)26(30)23-12-15-28(16-13-23)19-25(29)27-14-17-31-24-6-4-3-5-7-24/h3-11,20,23H,12-19H2,1-2H3,(H,27,29). The van der Waals surface area contributed by atoms with Crippen LogP contribution in [0.5, 0.6) is 5.75 Å². The predicted octanol–water partition coefficient (Wildman–Crippen LogP) is 3.98. The minimum Gasteiger partial charge on any atom is -0.492 e. The average molecular weight is 423 g/mol. The monoisotopic (exact) mass is 422 g/mol. The maximum atomic E-state index is 12.8. The van der Waals surface area contributed by atoms with Gasteiger partial charge in [-0.1, -0.05) is 56.3 Å². The smallest absolute Gasteiger partial charge is 0.234 e. The lowest BCUT2D eigenvalue weighted by Gasteiger charge is -2.30. The molecule has 0 aromatic heterocycles. The third-order valence-electron chi connectivity index (χ3n) is 5.64. The Balaban J connectivity index is 1.35. The Bertz CT molecular complexity index is 825. The largest absolute Gasteiger partial charge is 0.492 e. The first-order chi connectivity index (χ1) is 15.0. The normalized spacial score (nSPS) is 15.1. The molecule has 0 aliphatic carbocycles. The van der Waals surface area contributed by atoms with E-state index in [1.807, 2.05) is 42.5 Å². The lowest BCUT2D eigenvalue weighted by atomic mass is 9.88. The highest BCUT2D eigenvalue weighted by Gasteiger charge is 2.26. The summed E-state index contributed by atoms with van der Waals surface area (Å²) in [6, 6.07) is 17.7. The van der Waals surface area contributed by atoms with E-state index in [1.54, 1.807) is 0 Å². The Morgan fingerprint density at radius 2 is 1.71 bits per heavy atom. The highest BCUT2D eigenvalue weighted by atomic mass is 16.5. The van der Waals surface area contributed by atoms with Crippen LogP contribution in [-0.4, -0.2) is 49.4 Å². The van der Waals surface area contributed by atoms with Crippen LogP contribution in [0.4, 0.5) is 0 Å². The van der Waals surface area contributed by atoms with Gasteiger partial charge in [-0.25, -0.2) is 0 Å². The molecule has 1 heterocycles. The summed E-state index contributed by atoms with van der Waals surface area (Å²) in [6.45, 7) is 7.25. The topological polar surface area (TPSA) is 58.6 Å². The van der Waals surface area contributed by atoms with Crippen molar-refractivity contribution in [2.45, 2.75) is 33.1 Å². The Kier molecular flexibility index (Phi) is 8.65. The van der Waals surface area contributed by atoms with Crippen molar-refractivity contribution in [2.24, 2.45) is 11.8 Å². The molecule has 3 rings (SSSR count). The lowest BCUT2D eigenvalue weighted by Crippen LogP contribution is -2.43. The van der Waals surface area contributed by atoms with E-state index in [1.165, 1.54) is 5.56 Å². The van der Waals surface area contributed by atoms with Crippen molar-refractivity contribution < 1.29 is 14.3 Å². The third kappa shape index (κ3) is 7.51. The van der Waals surface area contributed by atoms with E-state index >= 15 is 0 Å². The van der Waals surface area contributed by atoms with E-state index in [4.69, 9.17) is 4.74 Å². The SMILES string of the molecule is CC(C)Cc1ccc(C(=O)C2CCN(CC(=O)NCCOc3ccccc3)CC2)cc1. The number of para-hydroxylation sites is 1. The van der Waals surface area contributed by atoms with Gasteiger partial charge in [0.15, 0.2) is 5.78 Å². The summed E-state index contributed by atoms with van der Waals surface area (Å²) in [7, 11) is 0. The molecule has 1 saturated heterocycles. The van der Waals surface area contributed by atoms with E-state index in [2.05, 4.69) is 36.2 Å². The van der Waals surface area contributed by atoms with E-state index in [-0.39, 0.29) is 17.6 Å². The second-order valence-electron chi connectivity index (χ2n) is 8.72. The predicted molar refractivity (Wildman–Crippen MR) is 123 cm³/mol. The number of ether oxygens (including phenoxy) is 1. The zero-order valence-corrected chi connectivity index (χ0v) is 18.7. The van der Waals surface area contributed by atoms with Gasteiger partial charge < -0.3 is 10.1 Å². The second kappa shape index (κ2) is 11.7. The van der Waals surface area contributed by atoms with Gasteiger partial charge in [0.05, 0.1) is 13.1 Å². The first-order valence-electron chi connectivity index (χ1n) is 11.3. The Morgan fingerprint density at radius 3 is 2.35 bits per heavy atom. The molecule has 0 spiro atoms. The minimum absolute atomic E-state index is 0.00202. The van der Waals surface area contributed by atoms with Gasteiger partial charge in [0.25, 0.3) is 0 Å². The number of benzene rings is 2. The lowest BCUT2D eigenvalue weighted by molar-refractivity contribution is -0.122. The molecular weight excluding hydrogens is 388 g/mol. The molecule has 1 amide bonds. The summed E-state index contributed by atoms with van der Waals surface area (Å²) >= 11 is 0. The van der Waals surface area contributed by atoms with E-state index in [9.17, 15) is 9.59 Å². The first kappa shape index (κ1) is 23.0. The first-order valence-corrected chi connectivity index (χ1v) is 11.3. The maximum absolute atomic E-state index is 12.8. The molecule has 5 heteroatoms. The number of rotatable bonds is 10. The molecule has 2 aromatic rings. The van der Waals surface area contributed by atoms with Crippen molar-refractivity contribution in [3.8, 4) is 5.75 Å². The number of nitrogens with one attached hydrogen (secondary N) is 1. The maximum Gasteiger partial charge on any atom is 0.234 e. The molecule has 0 atom stereocenters. The molecule has 31 heavy (non-hydrogen) atoms. The van der Waals surface area contributed by atoms with Gasteiger partial charge in [0.1, 0.15) is 12.4 Å². The Morgan fingerprint density at radius 1 is 1.03 bits per heavy atom. The fraction of sp³-hybridized carbons (Fsp3) is 0.462. The van der Waals surface area contributed by atoms with Gasteiger partial charge in [-0.3, -0.25) is 14.5 Å². The second-order valence-corrected chi connectivity index (χ2v) is 8.72. The van der Waals surface area contributed by atoms with E-state index in [0.717, 1.165) is 43.7 Å². The molecule has 0 unspecified atom stereocenters. The number of hydrogen-bond acceptors (Lipinski definition) is 4. The minimum atomic E-state index is 0.00202. The van der Waals surface area contributed by atoms with Crippen LogP contribution in [0.15, 0.2) is 54.6 Å². The van der Waals surface area contributed by atoms with Crippen molar-refractivity contribution in [1.29, 1.82) is 0 Å². The summed E-state index contributed by atoms with van der Waals surface area (Å²) < 4.78 is 5.59. The number of carbonyl (C=O) groups excluding carboxylic acids is 2. The molecule has 0 bridgehead atoms. The highest BCUT2D eigenvalue weighted by molar-refractivity contribution is 5.98. The van der Waals surface area contributed by atoms with Gasteiger partial charge in [0, 0.05) is 11.5 Å². The quantitative estimate of drug-likeness (QED) is 0.465. The van der Waals surface area contributed by atoms with Crippen molar-refractivity contribution >= 4 is 11.7 Å². The van der Waals surface area contributed by atoms with Crippen LogP contribution >= 0.6 is 0 Å². The van der Waals surface area contributed by atoms with Crippen LogP contribution in [0.2, 0.25) is 0 Å². The van der Waals surface area contributed by atoms with Crippen LogP contribution in [0.3, 0.4) is 0 Å². The van der Waals surface area contributed by atoms with Crippen LogP contribution in [-0.2, 0) is 11.2 Å². The van der Waals surface area contributed by atoms with Crippen LogP contribution in [0.25, 0.3) is 0 Å². The molecule has 166 valence electrons. The average Bonchev–Trinajstić information content (AvgIpc) is 2.78. The van der Waals surface area contributed by atoms with Crippen molar-refractivity contribution in [2.75, 3.05) is 32.8 Å². The molecule has 0 radical (unpaired) electrons. The molecule has 1 aliphatic heterocycles. The molecule has 1 aliphatic rings. The van der Waals surface area contributed by atoms with Crippen LogP contribution < -0.4 is 10.1 Å². The van der Waals surface area contributed by atoms with Gasteiger partial charge in [-0.2, -0.15) is 0 Å². The van der Waals surface area contributed by atoms with Crippen molar-refractivity contribution in [3.05, 3.63) is 65.7 Å². The Labute approximate surface area is 185 Å². The van der Waals surface area contributed by atoms with E-state index in [0.29, 0.717) is 25.6 Å². The third-order valence-corrected chi connectivity index (χ3v) is 5.64.